The van der Waals surface area contributed by atoms with E-state index in [2.05, 4.69) is 0 Å². The predicted molar refractivity (Wildman–Crippen MR) is 151 cm³/mol. The Balaban J connectivity index is 1.63. The second-order valence-corrected chi connectivity index (χ2v) is 12.3. The quantitative estimate of drug-likeness (QED) is 0.546. The normalized spacial score (nSPS) is 32.5. The van der Waals surface area contributed by atoms with E-state index < -0.39 is 40.7 Å². The molecule has 1 aromatic carbocycles. The number of carbonyl (C=O) groups excluding carboxylic acids is 3. The van der Waals surface area contributed by atoms with Crippen LogP contribution in [-0.4, -0.2) is 87.8 Å². The lowest BCUT2D eigenvalue weighted by molar-refractivity contribution is -0.157. The second-order valence-electron chi connectivity index (χ2n) is 12.3. The average molecular weight is 552 g/mol. The highest BCUT2D eigenvalue weighted by molar-refractivity contribution is 6.04. The van der Waals surface area contributed by atoms with E-state index in [9.17, 15) is 19.5 Å². The van der Waals surface area contributed by atoms with E-state index in [1.54, 1.807) is 9.80 Å². The molecule has 4 aliphatic rings. The molecule has 4 aliphatic heterocycles. The largest absolute Gasteiger partial charge is 0.494 e. The SMILES string of the molecule is CCOc1ccc(N2CC=C[C@@]3(C)O[C@]45C=CCN(C(C)(C)C)C(=O)C4N([C@@H](CC)CO)C(=O)[C@@H]5[C@H]3C2=O)cc1. The van der Waals surface area contributed by atoms with Crippen molar-refractivity contribution in [1.82, 2.24) is 9.80 Å². The first-order chi connectivity index (χ1) is 18.9. The van der Waals surface area contributed by atoms with Crippen LogP contribution in [-0.2, 0) is 19.1 Å². The molecular weight excluding hydrogens is 510 g/mol. The molecule has 2 fully saturated rings. The Hall–Kier alpha value is -3.17. The van der Waals surface area contributed by atoms with E-state index in [1.807, 2.05) is 90.1 Å². The van der Waals surface area contributed by atoms with Gasteiger partial charge in [-0.3, -0.25) is 14.4 Å². The molecule has 0 bridgehead atoms. The van der Waals surface area contributed by atoms with Crippen LogP contribution >= 0.6 is 0 Å². The molecule has 9 heteroatoms. The third-order valence-electron chi connectivity index (χ3n) is 8.84. The van der Waals surface area contributed by atoms with Crippen molar-refractivity contribution in [3.63, 3.8) is 0 Å². The summed E-state index contributed by atoms with van der Waals surface area (Å²) in [5, 5.41) is 10.3. The van der Waals surface area contributed by atoms with Gasteiger partial charge in [-0.25, -0.2) is 0 Å². The highest BCUT2D eigenvalue weighted by Crippen LogP contribution is 2.58. The number of amides is 3. The molecule has 9 nitrogen and oxygen atoms in total. The van der Waals surface area contributed by atoms with Crippen LogP contribution in [0.1, 0.15) is 48.0 Å². The van der Waals surface area contributed by atoms with Gasteiger partial charge in [0, 0.05) is 24.3 Å². The van der Waals surface area contributed by atoms with Gasteiger partial charge in [-0.05, 0) is 65.3 Å². The first kappa shape index (κ1) is 28.4. The number of carbonyl (C=O) groups is 3. The Labute approximate surface area is 236 Å². The summed E-state index contributed by atoms with van der Waals surface area (Å²) in [6, 6.07) is 5.75. The Morgan fingerprint density at radius 1 is 1.00 bits per heavy atom. The summed E-state index contributed by atoms with van der Waals surface area (Å²) in [4.78, 5) is 48.2. The van der Waals surface area contributed by atoms with Crippen molar-refractivity contribution in [3.05, 3.63) is 48.6 Å². The number of benzene rings is 1. The molecule has 1 aromatic rings. The number of hydrogen-bond acceptors (Lipinski definition) is 6. The molecule has 216 valence electrons. The molecule has 1 N–H and O–H groups in total. The standard InChI is InChI=1S/C31H41N3O6/c1-7-20(19-35)34-25-28(38)33(29(3,4)5)18-10-16-31(25)24(27(34)37)23-26(36)32(17-9-15-30(23,6)40-31)21-11-13-22(14-12-21)39-8-2/h9-16,20,23-25,35H,7-8,17-19H2,1-6H3/t20-,23-,24-,25?,30+,31-/m0/s1. The van der Waals surface area contributed by atoms with E-state index in [0.717, 1.165) is 0 Å². The van der Waals surface area contributed by atoms with Crippen molar-refractivity contribution in [2.75, 3.05) is 31.2 Å². The van der Waals surface area contributed by atoms with Crippen LogP contribution in [0.2, 0.25) is 0 Å². The van der Waals surface area contributed by atoms with Crippen LogP contribution in [0.15, 0.2) is 48.6 Å². The van der Waals surface area contributed by atoms with Gasteiger partial charge in [-0.1, -0.05) is 31.2 Å². The number of fused-ring (bicyclic) bond motifs is 2. The molecule has 4 heterocycles. The summed E-state index contributed by atoms with van der Waals surface area (Å²) < 4.78 is 12.4. The van der Waals surface area contributed by atoms with Crippen molar-refractivity contribution >= 4 is 23.4 Å². The molecule has 0 aliphatic carbocycles. The van der Waals surface area contributed by atoms with Gasteiger partial charge in [0.1, 0.15) is 17.4 Å². The maximum Gasteiger partial charge on any atom is 0.249 e. The van der Waals surface area contributed by atoms with Gasteiger partial charge in [-0.15, -0.1) is 0 Å². The van der Waals surface area contributed by atoms with Crippen molar-refractivity contribution in [2.45, 2.75) is 76.8 Å². The number of ether oxygens (including phenoxy) is 2. The highest BCUT2D eigenvalue weighted by Gasteiger charge is 2.75. The van der Waals surface area contributed by atoms with Crippen molar-refractivity contribution in [1.29, 1.82) is 0 Å². The molecule has 0 saturated carbocycles. The molecule has 1 unspecified atom stereocenters. The lowest BCUT2D eigenvalue weighted by Crippen LogP contribution is -2.61. The molecule has 6 atom stereocenters. The van der Waals surface area contributed by atoms with Crippen LogP contribution in [0.4, 0.5) is 5.69 Å². The first-order valence-corrected chi connectivity index (χ1v) is 14.3. The number of hydrogen-bond donors (Lipinski definition) is 1. The number of aliphatic hydroxyl groups is 1. The van der Waals surface area contributed by atoms with Gasteiger partial charge >= 0.3 is 0 Å². The third-order valence-corrected chi connectivity index (χ3v) is 8.84. The molecule has 5 rings (SSSR count). The number of nitrogens with zero attached hydrogens (tertiary/aromatic N) is 3. The summed E-state index contributed by atoms with van der Waals surface area (Å²) in [5.74, 6) is -1.89. The maximum atomic E-state index is 14.5. The molecule has 0 aromatic heterocycles. The van der Waals surface area contributed by atoms with E-state index in [0.29, 0.717) is 37.6 Å². The van der Waals surface area contributed by atoms with Gasteiger partial charge in [-0.2, -0.15) is 0 Å². The summed E-state index contributed by atoms with van der Waals surface area (Å²) >= 11 is 0. The van der Waals surface area contributed by atoms with Crippen molar-refractivity contribution in [3.8, 4) is 5.75 Å². The number of anilines is 1. The van der Waals surface area contributed by atoms with Crippen LogP contribution in [0.25, 0.3) is 0 Å². The minimum absolute atomic E-state index is 0.234. The third kappa shape index (κ3) is 4.16. The van der Waals surface area contributed by atoms with E-state index >= 15 is 0 Å². The fraction of sp³-hybridized carbons (Fsp3) is 0.581. The Morgan fingerprint density at radius 2 is 1.68 bits per heavy atom. The van der Waals surface area contributed by atoms with Crippen LogP contribution in [0.5, 0.6) is 5.75 Å². The Bertz CT molecular complexity index is 1230. The summed E-state index contributed by atoms with van der Waals surface area (Å²) in [6.45, 7) is 12.4. The zero-order valence-corrected chi connectivity index (χ0v) is 24.3. The van der Waals surface area contributed by atoms with E-state index in [4.69, 9.17) is 9.47 Å². The smallest absolute Gasteiger partial charge is 0.249 e. The first-order valence-electron chi connectivity index (χ1n) is 14.3. The average Bonchev–Trinajstić information content (AvgIpc) is 3.16. The zero-order valence-electron chi connectivity index (χ0n) is 24.3. The highest BCUT2D eigenvalue weighted by atomic mass is 16.5. The van der Waals surface area contributed by atoms with Gasteiger partial charge in [0.05, 0.1) is 36.7 Å². The van der Waals surface area contributed by atoms with Gasteiger partial charge in [0.25, 0.3) is 0 Å². The Kier molecular flexibility index (Phi) is 7.11. The summed E-state index contributed by atoms with van der Waals surface area (Å²) in [5.41, 5.74) is -2.27. The van der Waals surface area contributed by atoms with Crippen LogP contribution < -0.4 is 9.64 Å². The van der Waals surface area contributed by atoms with Gasteiger partial charge < -0.3 is 29.3 Å². The Morgan fingerprint density at radius 3 is 2.27 bits per heavy atom. The number of aliphatic hydroxyl groups excluding tert-OH is 1. The van der Waals surface area contributed by atoms with Crippen LogP contribution in [0, 0.1) is 11.8 Å². The number of likely N-dealkylation sites (tertiary alicyclic amines) is 1. The monoisotopic (exact) mass is 551 g/mol. The molecule has 40 heavy (non-hydrogen) atoms. The number of rotatable bonds is 6. The minimum atomic E-state index is -1.35. The summed E-state index contributed by atoms with van der Waals surface area (Å²) in [6.07, 6.45) is 7.97. The fourth-order valence-corrected chi connectivity index (χ4v) is 6.99. The molecular formula is C31H41N3O6. The lowest BCUT2D eigenvalue weighted by atomic mass is 9.74. The van der Waals surface area contributed by atoms with E-state index in [1.165, 1.54) is 4.90 Å². The maximum absolute atomic E-state index is 14.5. The topological polar surface area (TPSA) is 99.6 Å². The lowest BCUT2D eigenvalue weighted by Gasteiger charge is -2.42. The van der Waals surface area contributed by atoms with Crippen molar-refractivity contribution < 1.29 is 29.0 Å². The van der Waals surface area contributed by atoms with Gasteiger partial charge in [0.15, 0.2) is 0 Å². The van der Waals surface area contributed by atoms with Crippen molar-refractivity contribution in [2.24, 2.45) is 11.8 Å². The minimum Gasteiger partial charge on any atom is -0.494 e. The van der Waals surface area contributed by atoms with Crippen LogP contribution in [0.3, 0.4) is 0 Å². The van der Waals surface area contributed by atoms with E-state index in [-0.39, 0.29) is 24.3 Å². The zero-order chi connectivity index (χ0) is 29.0. The van der Waals surface area contributed by atoms with Gasteiger partial charge in [0.2, 0.25) is 17.7 Å². The second kappa shape index (κ2) is 10.0. The molecule has 2 saturated heterocycles. The summed E-state index contributed by atoms with van der Waals surface area (Å²) in [7, 11) is 0. The molecule has 0 radical (unpaired) electrons. The fourth-order valence-electron chi connectivity index (χ4n) is 6.99. The molecule has 1 spiro atoms. The predicted octanol–water partition coefficient (Wildman–Crippen LogP) is 2.93. The molecule has 3 amide bonds.